The molecule has 1 aliphatic heterocycles. The summed E-state index contributed by atoms with van der Waals surface area (Å²) in [6.45, 7) is 0. The first-order valence-electron chi connectivity index (χ1n) is 9.91. The van der Waals surface area contributed by atoms with Crippen LogP contribution in [0.3, 0.4) is 0 Å². The Morgan fingerprint density at radius 3 is 2.22 bits per heavy atom. The van der Waals surface area contributed by atoms with Crippen LogP contribution in [0.15, 0.2) is 102 Å². The van der Waals surface area contributed by atoms with E-state index in [-0.39, 0.29) is 39.7 Å². The van der Waals surface area contributed by atoms with E-state index in [1.807, 2.05) is 30.3 Å². The highest BCUT2D eigenvalue weighted by Gasteiger charge is 2.43. The molecular weight excluding hydrogens is 404 g/mol. The van der Waals surface area contributed by atoms with Crippen LogP contribution in [-0.2, 0) is 4.74 Å². The molecule has 6 nitrogen and oxygen atoms in total. The highest BCUT2D eigenvalue weighted by molar-refractivity contribution is 6.27. The lowest BCUT2D eigenvalue weighted by Crippen LogP contribution is -2.32. The van der Waals surface area contributed by atoms with Crippen LogP contribution in [0.4, 0.5) is 0 Å². The highest BCUT2D eigenvalue weighted by atomic mass is 16.5. The molecule has 0 saturated heterocycles. The number of fused-ring (bicyclic) bond motifs is 1. The standard InChI is InChI=1S/C26H16N2O4/c27-14-20-21(15-7-6-10-17(13-15)31-16-8-2-1-3-9-16)22-23(29)18-11-4-5-12-19(18)24(30)25(22)32-26(20)28/h1-13,21H,28H2. The number of nitriles is 1. The van der Waals surface area contributed by atoms with Gasteiger partial charge in [-0.1, -0.05) is 54.6 Å². The molecule has 154 valence electrons. The van der Waals surface area contributed by atoms with Gasteiger partial charge in [-0.2, -0.15) is 5.26 Å². The summed E-state index contributed by atoms with van der Waals surface area (Å²) in [5.41, 5.74) is 7.32. The molecule has 0 fully saturated rings. The lowest BCUT2D eigenvalue weighted by atomic mass is 9.75. The number of rotatable bonds is 3. The molecule has 1 unspecified atom stereocenters. The van der Waals surface area contributed by atoms with Crippen molar-refractivity contribution in [3.63, 3.8) is 0 Å². The van der Waals surface area contributed by atoms with E-state index in [1.54, 1.807) is 48.5 Å². The summed E-state index contributed by atoms with van der Waals surface area (Å²) >= 11 is 0. The third-order valence-corrected chi connectivity index (χ3v) is 5.46. The maximum atomic E-state index is 13.4. The molecule has 6 heteroatoms. The second-order valence-electron chi connectivity index (χ2n) is 7.36. The molecule has 2 N–H and O–H groups in total. The molecule has 3 aromatic rings. The zero-order valence-corrected chi connectivity index (χ0v) is 16.7. The Morgan fingerprint density at radius 1 is 0.844 bits per heavy atom. The molecule has 1 aliphatic carbocycles. The molecule has 2 aliphatic rings. The number of hydrogen-bond acceptors (Lipinski definition) is 6. The molecule has 3 aromatic carbocycles. The van der Waals surface area contributed by atoms with Gasteiger partial charge in [0, 0.05) is 11.1 Å². The number of ketones is 2. The van der Waals surface area contributed by atoms with E-state index < -0.39 is 11.7 Å². The Labute approximate surface area is 183 Å². The third kappa shape index (κ3) is 3.04. The van der Waals surface area contributed by atoms with Gasteiger partial charge in [0.05, 0.1) is 11.5 Å². The summed E-state index contributed by atoms with van der Waals surface area (Å²) in [6.07, 6.45) is 0. The summed E-state index contributed by atoms with van der Waals surface area (Å²) in [7, 11) is 0. The van der Waals surface area contributed by atoms with Crippen LogP contribution in [0.2, 0.25) is 0 Å². The number of hydrogen-bond donors (Lipinski definition) is 1. The fourth-order valence-corrected chi connectivity index (χ4v) is 4.02. The zero-order valence-electron chi connectivity index (χ0n) is 16.7. The maximum absolute atomic E-state index is 13.4. The zero-order chi connectivity index (χ0) is 22.2. The molecular formula is C26H16N2O4. The predicted molar refractivity (Wildman–Crippen MR) is 116 cm³/mol. The summed E-state index contributed by atoms with van der Waals surface area (Å²) < 4.78 is 11.4. The van der Waals surface area contributed by atoms with Gasteiger partial charge < -0.3 is 15.2 Å². The van der Waals surface area contributed by atoms with Crippen LogP contribution in [0.5, 0.6) is 11.5 Å². The lowest BCUT2D eigenvalue weighted by Gasteiger charge is -2.31. The fraction of sp³-hybridized carbons (Fsp3) is 0.0385. The SMILES string of the molecule is N#CC1=C(N)OC2=C(C(=O)c3ccccc3C2=O)C1c1cccc(Oc2ccccc2)c1. The second-order valence-corrected chi connectivity index (χ2v) is 7.36. The number of Topliss-reactive ketones (excluding diaryl/α,β-unsaturated/α-hetero) is 2. The minimum absolute atomic E-state index is 0.0705. The number of para-hydroxylation sites is 1. The molecule has 0 spiro atoms. The van der Waals surface area contributed by atoms with Crippen LogP contribution < -0.4 is 10.5 Å². The van der Waals surface area contributed by atoms with Gasteiger partial charge in [-0.15, -0.1) is 0 Å². The lowest BCUT2D eigenvalue weighted by molar-refractivity contribution is 0.0897. The monoisotopic (exact) mass is 420 g/mol. The quantitative estimate of drug-likeness (QED) is 0.663. The Hall–Kier alpha value is -4.63. The van der Waals surface area contributed by atoms with Crippen molar-refractivity contribution < 1.29 is 19.1 Å². The Bertz CT molecular complexity index is 1380. The van der Waals surface area contributed by atoms with E-state index in [9.17, 15) is 14.9 Å². The topological polar surface area (TPSA) is 102 Å². The van der Waals surface area contributed by atoms with E-state index in [4.69, 9.17) is 15.2 Å². The van der Waals surface area contributed by atoms with Crippen molar-refractivity contribution in [2.75, 3.05) is 0 Å². The average Bonchev–Trinajstić information content (AvgIpc) is 2.82. The van der Waals surface area contributed by atoms with E-state index in [0.29, 0.717) is 17.1 Å². The number of benzene rings is 3. The summed E-state index contributed by atoms with van der Waals surface area (Å²) in [5, 5.41) is 9.82. The second kappa shape index (κ2) is 7.56. The van der Waals surface area contributed by atoms with Gasteiger partial charge in [-0.3, -0.25) is 9.59 Å². The molecule has 0 saturated carbocycles. The molecule has 0 aromatic heterocycles. The summed E-state index contributed by atoms with van der Waals surface area (Å²) in [5.74, 6) is -0.812. The van der Waals surface area contributed by atoms with Gasteiger partial charge in [-0.25, -0.2) is 0 Å². The largest absolute Gasteiger partial charge is 0.457 e. The summed E-state index contributed by atoms with van der Waals surface area (Å²) in [4.78, 5) is 26.5. The van der Waals surface area contributed by atoms with Crippen molar-refractivity contribution in [3.8, 4) is 17.6 Å². The minimum Gasteiger partial charge on any atom is -0.457 e. The van der Waals surface area contributed by atoms with Gasteiger partial charge in [-0.05, 0) is 29.8 Å². The van der Waals surface area contributed by atoms with E-state index in [0.717, 1.165) is 0 Å². The number of nitrogens with zero attached hydrogens (tertiary/aromatic N) is 1. The number of carbonyl (C=O) groups is 2. The Kier molecular flexibility index (Phi) is 4.57. The smallest absolute Gasteiger partial charge is 0.229 e. The number of carbonyl (C=O) groups excluding carboxylic acids is 2. The molecule has 32 heavy (non-hydrogen) atoms. The van der Waals surface area contributed by atoms with Gasteiger partial charge in [0.15, 0.2) is 11.5 Å². The van der Waals surface area contributed by atoms with Crippen LogP contribution in [0, 0.1) is 11.3 Å². The molecule has 0 radical (unpaired) electrons. The molecule has 0 amide bonds. The van der Waals surface area contributed by atoms with Gasteiger partial charge in [0.25, 0.3) is 0 Å². The van der Waals surface area contributed by atoms with Gasteiger partial charge in [0.1, 0.15) is 23.1 Å². The number of ether oxygens (including phenoxy) is 2. The fourth-order valence-electron chi connectivity index (χ4n) is 4.02. The Morgan fingerprint density at radius 2 is 1.50 bits per heavy atom. The van der Waals surface area contributed by atoms with Gasteiger partial charge in [0.2, 0.25) is 11.7 Å². The normalized spacial score (nSPS) is 17.3. The Balaban J connectivity index is 1.64. The summed E-state index contributed by atoms with van der Waals surface area (Å²) in [6, 6.07) is 24.9. The maximum Gasteiger partial charge on any atom is 0.229 e. The average molecular weight is 420 g/mol. The first-order chi connectivity index (χ1) is 15.6. The first kappa shape index (κ1) is 19.3. The third-order valence-electron chi connectivity index (χ3n) is 5.46. The van der Waals surface area contributed by atoms with Crippen molar-refractivity contribution in [2.24, 2.45) is 5.73 Å². The molecule has 0 bridgehead atoms. The van der Waals surface area contributed by atoms with Crippen molar-refractivity contribution >= 4 is 11.6 Å². The molecule has 1 heterocycles. The van der Waals surface area contributed by atoms with E-state index in [2.05, 4.69) is 6.07 Å². The van der Waals surface area contributed by atoms with Crippen LogP contribution >= 0.6 is 0 Å². The molecule has 5 rings (SSSR count). The van der Waals surface area contributed by atoms with Crippen molar-refractivity contribution in [1.29, 1.82) is 5.26 Å². The van der Waals surface area contributed by atoms with Crippen molar-refractivity contribution in [2.45, 2.75) is 5.92 Å². The van der Waals surface area contributed by atoms with E-state index >= 15 is 0 Å². The van der Waals surface area contributed by atoms with Crippen molar-refractivity contribution in [1.82, 2.24) is 0 Å². The van der Waals surface area contributed by atoms with Crippen LogP contribution in [0.1, 0.15) is 32.2 Å². The van der Waals surface area contributed by atoms with E-state index in [1.165, 1.54) is 0 Å². The molecule has 1 atom stereocenters. The van der Waals surface area contributed by atoms with Crippen molar-refractivity contribution in [3.05, 3.63) is 118 Å². The number of nitrogens with two attached hydrogens (primary N) is 1. The first-order valence-corrected chi connectivity index (χ1v) is 9.91. The highest BCUT2D eigenvalue weighted by Crippen LogP contribution is 2.44. The van der Waals surface area contributed by atoms with Crippen LogP contribution in [-0.4, -0.2) is 11.6 Å². The predicted octanol–water partition coefficient (Wildman–Crippen LogP) is 4.62. The number of allylic oxidation sites excluding steroid dienone is 3. The van der Waals surface area contributed by atoms with Gasteiger partial charge >= 0.3 is 0 Å². The van der Waals surface area contributed by atoms with Crippen LogP contribution in [0.25, 0.3) is 0 Å². The minimum atomic E-state index is -0.854.